The van der Waals surface area contributed by atoms with Gasteiger partial charge in [0.2, 0.25) is 0 Å². The Hall–Kier alpha value is -2.30. The first kappa shape index (κ1) is 12.2. The van der Waals surface area contributed by atoms with Crippen LogP contribution in [0.2, 0.25) is 0 Å². The van der Waals surface area contributed by atoms with Crippen LogP contribution >= 0.6 is 0 Å². The Balaban J connectivity index is 1.95. The minimum absolute atomic E-state index is 0.0758. The second-order valence-electron chi connectivity index (χ2n) is 3.89. The second-order valence-corrected chi connectivity index (χ2v) is 3.89. The van der Waals surface area contributed by atoms with Crippen LogP contribution in [0.3, 0.4) is 0 Å². The van der Waals surface area contributed by atoms with Crippen molar-refractivity contribution in [1.29, 1.82) is 0 Å². The molecule has 0 saturated carbocycles. The van der Waals surface area contributed by atoms with Gasteiger partial charge in [0.05, 0.1) is 6.54 Å². The van der Waals surface area contributed by atoms with Crippen LogP contribution < -0.4 is 5.32 Å². The Labute approximate surface area is 104 Å². The number of nitrogens with one attached hydrogen (secondary N) is 1. The van der Waals surface area contributed by atoms with E-state index >= 15 is 0 Å². The molecule has 2 rings (SSSR count). The van der Waals surface area contributed by atoms with Crippen molar-refractivity contribution in [2.24, 2.45) is 0 Å². The molecule has 0 atom stereocenters. The monoisotopic (exact) mass is 246 g/mol. The van der Waals surface area contributed by atoms with Gasteiger partial charge in [-0.05, 0) is 24.1 Å². The van der Waals surface area contributed by atoms with Gasteiger partial charge in [0.25, 0.3) is 0 Å². The smallest absolute Gasteiger partial charge is 0.358 e. The molecular weight excluding hydrogens is 232 g/mol. The molecule has 0 aliphatic rings. The lowest BCUT2D eigenvalue weighted by Gasteiger charge is -2.04. The van der Waals surface area contributed by atoms with E-state index in [0.29, 0.717) is 12.3 Å². The number of hydrogen-bond acceptors (Lipinski definition) is 4. The van der Waals surface area contributed by atoms with Gasteiger partial charge >= 0.3 is 5.97 Å². The third kappa shape index (κ3) is 2.88. The van der Waals surface area contributed by atoms with E-state index in [-0.39, 0.29) is 5.69 Å². The highest BCUT2D eigenvalue weighted by Gasteiger charge is 2.10. The lowest BCUT2D eigenvalue weighted by molar-refractivity contribution is 0.0685. The minimum atomic E-state index is -1.09. The van der Waals surface area contributed by atoms with E-state index in [4.69, 9.17) is 9.63 Å². The fraction of sp³-hybridized carbons (Fsp3) is 0.231. The van der Waals surface area contributed by atoms with Gasteiger partial charge in [0.15, 0.2) is 11.5 Å². The van der Waals surface area contributed by atoms with Crippen LogP contribution in [0.5, 0.6) is 0 Å². The minimum Gasteiger partial charge on any atom is -0.476 e. The summed E-state index contributed by atoms with van der Waals surface area (Å²) in [5.41, 5.74) is 2.15. The van der Waals surface area contributed by atoms with Crippen molar-refractivity contribution in [3.05, 3.63) is 47.3 Å². The average molecular weight is 246 g/mol. The number of anilines is 1. The summed E-state index contributed by atoms with van der Waals surface area (Å²) in [6.45, 7) is 2.51. The highest BCUT2D eigenvalue weighted by Crippen LogP contribution is 2.12. The highest BCUT2D eigenvalue weighted by molar-refractivity contribution is 5.85. The van der Waals surface area contributed by atoms with Crippen LogP contribution in [-0.2, 0) is 13.0 Å². The van der Waals surface area contributed by atoms with Gasteiger partial charge in [0, 0.05) is 11.8 Å². The lowest BCUT2D eigenvalue weighted by atomic mass is 10.1. The van der Waals surface area contributed by atoms with Gasteiger partial charge in [-0.25, -0.2) is 4.79 Å². The molecule has 18 heavy (non-hydrogen) atoms. The molecular formula is C13H14N2O3. The van der Waals surface area contributed by atoms with Gasteiger partial charge in [-0.1, -0.05) is 24.2 Å². The molecule has 1 heterocycles. The number of carbonyl (C=O) groups is 1. The molecule has 0 bridgehead atoms. The first-order chi connectivity index (χ1) is 8.69. The Morgan fingerprint density at radius 2 is 2.11 bits per heavy atom. The molecule has 5 nitrogen and oxygen atoms in total. The Bertz CT molecular complexity index is 531. The van der Waals surface area contributed by atoms with Crippen molar-refractivity contribution in [2.75, 3.05) is 5.32 Å². The third-order valence-corrected chi connectivity index (χ3v) is 2.61. The second kappa shape index (κ2) is 5.35. The van der Waals surface area contributed by atoms with E-state index in [0.717, 1.165) is 12.1 Å². The number of rotatable bonds is 5. The van der Waals surface area contributed by atoms with Gasteiger partial charge in [0.1, 0.15) is 0 Å². The SMILES string of the molecule is CCc1ccc(NCc2cc(C(=O)O)no2)cc1. The molecule has 2 N–H and O–H groups in total. The molecule has 0 amide bonds. The zero-order valence-electron chi connectivity index (χ0n) is 10.0. The first-order valence-corrected chi connectivity index (χ1v) is 5.70. The summed E-state index contributed by atoms with van der Waals surface area (Å²) in [6, 6.07) is 9.47. The predicted octanol–water partition coefficient (Wildman–Crippen LogP) is 2.55. The summed E-state index contributed by atoms with van der Waals surface area (Å²) in [7, 11) is 0. The number of carboxylic acids is 1. The molecule has 0 aliphatic carbocycles. The van der Waals surface area contributed by atoms with Gasteiger partial charge in [-0.3, -0.25) is 0 Å². The molecule has 0 unspecified atom stereocenters. The summed E-state index contributed by atoms with van der Waals surface area (Å²) >= 11 is 0. The zero-order chi connectivity index (χ0) is 13.0. The first-order valence-electron chi connectivity index (χ1n) is 5.70. The number of aryl methyl sites for hydroxylation is 1. The van der Waals surface area contributed by atoms with E-state index in [1.165, 1.54) is 11.6 Å². The number of carboxylic acid groups (broad SMARTS) is 1. The lowest BCUT2D eigenvalue weighted by Crippen LogP contribution is -1.98. The van der Waals surface area contributed by atoms with Crippen LogP contribution in [0, 0.1) is 0 Å². The maximum Gasteiger partial charge on any atom is 0.358 e. The van der Waals surface area contributed by atoms with E-state index in [9.17, 15) is 4.79 Å². The normalized spacial score (nSPS) is 10.3. The van der Waals surface area contributed by atoms with E-state index in [1.807, 2.05) is 24.3 Å². The van der Waals surface area contributed by atoms with Crippen LogP contribution in [0.1, 0.15) is 28.7 Å². The Kier molecular flexibility index (Phi) is 3.62. The zero-order valence-corrected chi connectivity index (χ0v) is 10.0. The number of hydrogen-bond donors (Lipinski definition) is 2. The van der Waals surface area contributed by atoms with E-state index < -0.39 is 5.97 Å². The topological polar surface area (TPSA) is 75.4 Å². The molecule has 94 valence electrons. The molecule has 2 aromatic rings. The average Bonchev–Trinajstić information content (AvgIpc) is 2.86. The van der Waals surface area contributed by atoms with Gasteiger partial charge < -0.3 is 14.9 Å². The van der Waals surface area contributed by atoms with Crippen molar-refractivity contribution >= 4 is 11.7 Å². The maximum atomic E-state index is 10.6. The fourth-order valence-corrected chi connectivity index (χ4v) is 1.54. The molecule has 0 fully saturated rings. The molecule has 5 heteroatoms. The summed E-state index contributed by atoms with van der Waals surface area (Å²) in [4.78, 5) is 10.6. The Morgan fingerprint density at radius 1 is 1.39 bits per heavy atom. The van der Waals surface area contributed by atoms with Crippen molar-refractivity contribution in [3.63, 3.8) is 0 Å². The van der Waals surface area contributed by atoms with Crippen molar-refractivity contribution in [3.8, 4) is 0 Å². The van der Waals surface area contributed by atoms with Gasteiger partial charge in [-0.15, -0.1) is 0 Å². The van der Waals surface area contributed by atoms with Crippen molar-refractivity contribution in [2.45, 2.75) is 19.9 Å². The molecule has 1 aromatic carbocycles. The van der Waals surface area contributed by atoms with Gasteiger partial charge in [-0.2, -0.15) is 0 Å². The summed E-state index contributed by atoms with van der Waals surface area (Å²) in [5.74, 6) is -0.593. The third-order valence-electron chi connectivity index (χ3n) is 2.61. The summed E-state index contributed by atoms with van der Waals surface area (Å²) in [6.07, 6.45) is 1.00. The number of aromatic nitrogens is 1. The van der Waals surface area contributed by atoms with Crippen LogP contribution in [0.15, 0.2) is 34.9 Å². The van der Waals surface area contributed by atoms with Crippen LogP contribution in [0.4, 0.5) is 5.69 Å². The number of benzene rings is 1. The van der Waals surface area contributed by atoms with E-state index in [2.05, 4.69) is 17.4 Å². The largest absolute Gasteiger partial charge is 0.476 e. The van der Waals surface area contributed by atoms with Crippen molar-refractivity contribution < 1.29 is 14.4 Å². The Morgan fingerprint density at radius 3 is 2.67 bits per heavy atom. The molecule has 0 spiro atoms. The number of nitrogens with zero attached hydrogens (tertiary/aromatic N) is 1. The molecule has 0 radical (unpaired) electrons. The standard InChI is InChI=1S/C13H14N2O3/c1-2-9-3-5-10(6-4-9)14-8-11-7-12(13(16)17)15-18-11/h3-7,14H,2,8H2,1H3,(H,16,17). The summed E-state index contributed by atoms with van der Waals surface area (Å²) < 4.78 is 4.90. The number of aromatic carboxylic acids is 1. The molecule has 0 aliphatic heterocycles. The molecule has 0 saturated heterocycles. The molecule has 1 aromatic heterocycles. The maximum absolute atomic E-state index is 10.6. The predicted molar refractivity (Wildman–Crippen MR) is 66.6 cm³/mol. The van der Waals surface area contributed by atoms with Crippen LogP contribution in [-0.4, -0.2) is 16.2 Å². The van der Waals surface area contributed by atoms with E-state index in [1.54, 1.807) is 0 Å². The van der Waals surface area contributed by atoms with Crippen molar-refractivity contribution in [1.82, 2.24) is 5.16 Å². The highest BCUT2D eigenvalue weighted by atomic mass is 16.5. The van der Waals surface area contributed by atoms with Crippen LogP contribution in [0.25, 0.3) is 0 Å². The fourth-order valence-electron chi connectivity index (χ4n) is 1.54. The summed E-state index contributed by atoms with van der Waals surface area (Å²) in [5, 5.41) is 15.3. The quantitative estimate of drug-likeness (QED) is 0.847.